The topological polar surface area (TPSA) is 121 Å². The summed E-state index contributed by atoms with van der Waals surface area (Å²) in [4.78, 5) is 18.2. The van der Waals surface area contributed by atoms with E-state index in [0.29, 0.717) is 23.4 Å². The molecule has 1 aromatic carbocycles. The van der Waals surface area contributed by atoms with Gasteiger partial charge in [0.05, 0.1) is 5.60 Å². The Balaban J connectivity index is 0.000000487. The maximum absolute atomic E-state index is 14.0. The van der Waals surface area contributed by atoms with E-state index in [1.807, 2.05) is 13.8 Å². The van der Waals surface area contributed by atoms with Crippen LogP contribution in [-0.4, -0.2) is 38.4 Å². The van der Waals surface area contributed by atoms with Crippen LogP contribution in [0.15, 0.2) is 18.2 Å². The second-order valence-electron chi connectivity index (χ2n) is 7.25. The highest BCUT2D eigenvalue weighted by Crippen LogP contribution is 2.41. The predicted octanol–water partition coefficient (Wildman–Crippen LogP) is 2.84. The van der Waals surface area contributed by atoms with Gasteiger partial charge in [-0.1, -0.05) is 30.5 Å². The van der Waals surface area contributed by atoms with Crippen molar-refractivity contribution in [1.29, 1.82) is 0 Å². The zero-order valence-corrected chi connectivity index (χ0v) is 15.6. The van der Waals surface area contributed by atoms with Gasteiger partial charge in [0.1, 0.15) is 5.82 Å². The Bertz CT molecular complexity index is 649. The normalized spacial score (nSPS) is 22.9. The fourth-order valence-electron chi connectivity index (χ4n) is 3.49. The van der Waals surface area contributed by atoms with Gasteiger partial charge in [-0.25, -0.2) is 14.0 Å². The number of aliphatic carboxylic acids is 2. The highest BCUT2D eigenvalue weighted by Gasteiger charge is 2.45. The second-order valence-corrected chi connectivity index (χ2v) is 7.68. The summed E-state index contributed by atoms with van der Waals surface area (Å²) in [7, 11) is 0. The van der Waals surface area contributed by atoms with Crippen LogP contribution in [0.1, 0.15) is 45.1 Å². The molecular formula is C18H25ClFNO5. The van der Waals surface area contributed by atoms with Crippen molar-refractivity contribution in [1.82, 2.24) is 0 Å². The minimum atomic E-state index is -1.82. The fourth-order valence-corrected chi connectivity index (χ4v) is 3.65. The highest BCUT2D eigenvalue weighted by atomic mass is 35.5. The molecule has 2 rings (SSSR count). The van der Waals surface area contributed by atoms with Crippen molar-refractivity contribution in [3.05, 3.63) is 34.6 Å². The van der Waals surface area contributed by atoms with Gasteiger partial charge >= 0.3 is 11.9 Å². The fraction of sp³-hybridized carbons (Fsp3) is 0.556. The van der Waals surface area contributed by atoms with Crippen LogP contribution in [0.3, 0.4) is 0 Å². The summed E-state index contributed by atoms with van der Waals surface area (Å²) in [5.41, 5.74) is 5.32. The number of hydrogen-bond acceptors (Lipinski definition) is 4. The van der Waals surface area contributed by atoms with Gasteiger partial charge in [0.2, 0.25) is 0 Å². The van der Waals surface area contributed by atoms with Gasteiger partial charge in [0, 0.05) is 22.9 Å². The summed E-state index contributed by atoms with van der Waals surface area (Å²) in [6.45, 7) is 3.87. The zero-order valence-electron chi connectivity index (χ0n) is 14.8. The van der Waals surface area contributed by atoms with Crippen LogP contribution in [0.2, 0.25) is 5.02 Å². The third-order valence-electron chi connectivity index (χ3n) is 4.59. The van der Waals surface area contributed by atoms with E-state index in [1.165, 1.54) is 6.07 Å². The average Bonchev–Trinajstić information content (AvgIpc) is 2.50. The molecule has 1 fully saturated rings. The van der Waals surface area contributed by atoms with Crippen LogP contribution in [0.25, 0.3) is 0 Å². The van der Waals surface area contributed by atoms with E-state index in [4.69, 9.17) is 37.1 Å². The molecule has 6 nitrogen and oxygen atoms in total. The maximum Gasteiger partial charge on any atom is 0.414 e. The summed E-state index contributed by atoms with van der Waals surface area (Å²) in [6.07, 6.45) is 3.87. The molecule has 1 aliphatic rings. The Labute approximate surface area is 156 Å². The van der Waals surface area contributed by atoms with Crippen molar-refractivity contribution in [3.8, 4) is 0 Å². The summed E-state index contributed by atoms with van der Waals surface area (Å²) in [5, 5.41) is 26.2. The minimum Gasteiger partial charge on any atom is -0.473 e. The third kappa shape index (κ3) is 6.23. The third-order valence-corrected chi connectivity index (χ3v) is 4.83. The molecule has 0 aliphatic heterocycles. The minimum absolute atomic E-state index is 0.0289. The van der Waals surface area contributed by atoms with Crippen LogP contribution in [0.5, 0.6) is 0 Å². The standard InChI is InChI=1S/C16H23ClFNO.C2H2O4/c1-15(2,19)14-5-3-4-8-16(14,20)10-11-6-7-12(17)9-13(11)18;3-1(4)2(5)6/h6-7,9,14,20H,3-5,8,10,19H2,1-2H3;(H,3,4)(H,5,6)/t14-,16+;/m0./s1. The molecule has 0 amide bonds. The van der Waals surface area contributed by atoms with Crippen molar-refractivity contribution < 1.29 is 29.3 Å². The summed E-state index contributed by atoms with van der Waals surface area (Å²) in [6, 6.07) is 4.62. The van der Waals surface area contributed by atoms with Crippen LogP contribution < -0.4 is 5.73 Å². The largest absolute Gasteiger partial charge is 0.473 e. The Morgan fingerprint density at radius 3 is 2.35 bits per heavy atom. The van der Waals surface area contributed by atoms with Gasteiger partial charge in [-0.2, -0.15) is 0 Å². The lowest BCUT2D eigenvalue weighted by Gasteiger charge is -2.46. The number of halogens is 2. The number of hydrogen-bond donors (Lipinski definition) is 4. The van der Waals surface area contributed by atoms with Gasteiger partial charge in [0.25, 0.3) is 0 Å². The lowest BCUT2D eigenvalue weighted by Crippen LogP contribution is -2.56. The molecule has 8 heteroatoms. The molecule has 0 aromatic heterocycles. The number of aliphatic hydroxyl groups is 1. The number of carbonyl (C=O) groups is 2. The quantitative estimate of drug-likeness (QED) is 0.590. The lowest BCUT2D eigenvalue weighted by atomic mass is 9.65. The molecule has 1 aromatic rings. The maximum atomic E-state index is 14.0. The molecular weight excluding hydrogens is 365 g/mol. The highest BCUT2D eigenvalue weighted by molar-refractivity contribution is 6.30. The summed E-state index contributed by atoms with van der Waals surface area (Å²) in [5.74, 6) is -4.03. The van der Waals surface area contributed by atoms with E-state index in [-0.39, 0.29) is 11.7 Å². The van der Waals surface area contributed by atoms with Gasteiger partial charge in [-0.3, -0.25) is 0 Å². The van der Waals surface area contributed by atoms with Gasteiger partial charge < -0.3 is 21.1 Å². The Morgan fingerprint density at radius 2 is 1.88 bits per heavy atom. The van der Waals surface area contributed by atoms with E-state index in [1.54, 1.807) is 12.1 Å². The summed E-state index contributed by atoms with van der Waals surface area (Å²) >= 11 is 5.77. The van der Waals surface area contributed by atoms with Gasteiger partial charge in [-0.05, 0) is 44.4 Å². The first-order valence-electron chi connectivity index (χ1n) is 8.28. The number of rotatable bonds is 3. The van der Waals surface area contributed by atoms with Crippen LogP contribution in [0, 0.1) is 11.7 Å². The molecule has 0 radical (unpaired) electrons. The first-order valence-corrected chi connectivity index (χ1v) is 8.66. The Morgan fingerprint density at radius 1 is 1.31 bits per heavy atom. The van der Waals surface area contributed by atoms with Gasteiger partial charge in [0.15, 0.2) is 0 Å². The molecule has 0 heterocycles. The van der Waals surface area contributed by atoms with Crippen LogP contribution in [0.4, 0.5) is 4.39 Å². The molecule has 26 heavy (non-hydrogen) atoms. The lowest BCUT2D eigenvalue weighted by molar-refractivity contribution is -0.159. The molecule has 146 valence electrons. The average molecular weight is 390 g/mol. The molecule has 0 unspecified atom stereocenters. The monoisotopic (exact) mass is 389 g/mol. The van der Waals surface area contributed by atoms with E-state index < -0.39 is 23.1 Å². The number of carboxylic acid groups (broad SMARTS) is 2. The van der Waals surface area contributed by atoms with Crippen molar-refractivity contribution in [3.63, 3.8) is 0 Å². The number of carboxylic acids is 2. The van der Waals surface area contributed by atoms with E-state index in [2.05, 4.69) is 0 Å². The summed E-state index contributed by atoms with van der Waals surface area (Å²) < 4.78 is 14.0. The van der Waals surface area contributed by atoms with Crippen LogP contribution >= 0.6 is 11.6 Å². The second kappa shape index (κ2) is 8.79. The molecule has 0 saturated heterocycles. The molecule has 1 saturated carbocycles. The van der Waals surface area contributed by atoms with Crippen molar-refractivity contribution >= 4 is 23.5 Å². The first kappa shape index (κ1) is 22.3. The molecule has 2 atom stereocenters. The van der Waals surface area contributed by atoms with Crippen molar-refractivity contribution in [2.45, 2.75) is 57.1 Å². The molecule has 0 spiro atoms. The van der Waals surface area contributed by atoms with E-state index >= 15 is 0 Å². The number of nitrogens with two attached hydrogens (primary N) is 1. The van der Waals surface area contributed by atoms with Gasteiger partial charge in [-0.15, -0.1) is 0 Å². The van der Waals surface area contributed by atoms with Crippen molar-refractivity contribution in [2.24, 2.45) is 11.7 Å². The smallest absolute Gasteiger partial charge is 0.414 e. The Kier molecular flexibility index (Phi) is 7.56. The SMILES string of the molecule is CC(C)(N)[C@@H]1CCCC[C@@]1(O)Cc1ccc(Cl)cc1F.O=C(O)C(=O)O. The van der Waals surface area contributed by atoms with Crippen molar-refractivity contribution in [2.75, 3.05) is 0 Å². The molecule has 5 N–H and O–H groups in total. The van der Waals surface area contributed by atoms with Crippen LogP contribution in [-0.2, 0) is 16.0 Å². The molecule has 0 bridgehead atoms. The van der Waals surface area contributed by atoms with E-state index in [9.17, 15) is 9.50 Å². The number of benzene rings is 1. The predicted molar refractivity (Wildman–Crippen MR) is 95.6 cm³/mol. The zero-order chi connectivity index (χ0) is 20.1. The van der Waals surface area contributed by atoms with E-state index in [0.717, 1.165) is 19.3 Å². The first-order chi connectivity index (χ1) is 11.9. The Hall–Kier alpha value is -1.70. The molecule has 1 aliphatic carbocycles.